The summed E-state index contributed by atoms with van der Waals surface area (Å²) in [6, 6.07) is 5.10. The summed E-state index contributed by atoms with van der Waals surface area (Å²) in [5, 5.41) is 4.12. The third kappa shape index (κ3) is 3.76. The van der Waals surface area contributed by atoms with Crippen molar-refractivity contribution in [3.05, 3.63) is 58.5 Å². The number of carbonyl (C=O) groups is 1. The molecule has 7 nitrogen and oxygen atoms in total. The van der Waals surface area contributed by atoms with Crippen molar-refractivity contribution in [3.63, 3.8) is 0 Å². The zero-order valence-electron chi connectivity index (χ0n) is 13.7. The van der Waals surface area contributed by atoms with E-state index in [-0.39, 0.29) is 11.3 Å². The van der Waals surface area contributed by atoms with Crippen molar-refractivity contribution in [2.24, 2.45) is 5.73 Å². The van der Waals surface area contributed by atoms with Gasteiger partial charge in [-0.15, -0.1) is 0 Å². The van der Waals surface area contributed by atoms with Gasteiger partial charge in [-0.3, -0.25) is 14.8 Å². The number of rotatable bonds is 5. The van der Waals surface area contributed by atoms with Crippen LogP contribution in [0.1, 0.15) is 21.5 Å². The number of nitrogens with zero attached hydrogens (tertiary/aromatic N) is 2. The Balaban J connectivity index is 2.26. The Morgan fingerprint density at radius 2 is 2.00 bits per heavy atom. The van der Waals surface area contributed by atoms with Crippen LogP contribution in [-0.2, 0) is 16.5 Å². The molecule has 3 rings (SSSR count). The highest BCUT2D eigenvalue weighted by Crippen LogP contribution is 2.32. The van der Waals surface area contributed by atoms with Crippen molar-refractivity contribution in [1.29, 1.82) is 0 Å². The number of benzene rings is 1. The second-order valence-corrected chi connectivity index (χ2v) is 7.15. The molecule has 0 bridgehead atoms. The third-order valence-electron chi connectivity index (χ3n) is 3.77. The average molecular weight is 391 g/mol. The molecule has 134 valence electrons. The number of fused-ring (bicyclic) bond motifs is 1. The van der Waals surface area contributed by atoms with Gasteiger partial charge >= 0.3 is 0 Å². The normalized spacial score (nSPS) is 11.0. The van der Waals surface area contributed by atoms with Crippen LogP contribution in [0.3, 0.4) is 0 Å². The van der Waals surface area contributed by atoms with Gasteiger partial charge in [-0.1, -0.05) is 17.7 Å². The predicted molar refractivity (Wildman–Crippen MR) is 102 cm³/mol. The lowest BCUT2D eigenvalue weighted by molar-refractivity contribution is 0.100. The Labute approximate surface area is 156 Å². The predicted octanol–water partition coefficient (Wildman–Crippen LogP) is 2.55. The molecule has 3 aromatic rings. The van der Waals surface area contributed by atoms with Gasteiger partial charge in [-0.2, -0.15) is 0 Å². The fourth-order valence-electron chi connectivity index (χ4n) is 2.74. The number of nitrogens with one attached hydrogen (secondary N) is 1. The third-order valence-corrected chi connectivity index (χ3v) is 4.60. The lowest BCUT2D eigenvalue weighted by atomic mass is 10.0. The monoisotopic (exact) mass is 390 g/mol. The Kier molecular flexibility index (Phi) is 5.06. The summed E-state index contributed by atoms with van der Waals surface area (Å²) in [6.45, 7) is 1.82. The summed E-state index contributed by atoms with van der Waals surface area (Å²) in [7, 11) is -2.59. The summed E-state index contributed by atoms with van der Waals surface area (Å²) in [5.74, 6) is -0.764. The Hall–Kier alpha value is -2.71. The summed E-state index contributed by atoms with van der Waals surface area (Å²) in [4.78, 5) is 20.2. The first-order valence-corrected chi connectivity index (χ1v) is 9.30. The smallest absolute Gasteiger partial charge is 0.252 e. The number of hydrogen-bond donors (Lipinski definition) is 3. The molecule has 0 atom stereocenters. The second kappa shape index (κ2) is 7.27. The van der Waals surface area contributed by atoms with Gasteiger partial charge in [-0.05, 0) is 30.2 Å². The maximum Gasteiger partial charge on any atom is 0.252 e. The first-order valence-electron chi connectivity index (χ1n) is 7.56. The molecule has 9 heteroatoms. The molecule has 0 aliphatic heterocycles. The lowest BCUT2D eigenvalue weighted by Gasteiger charge is -2.15. The largest absolute Gasteiger partial charge is 0.365 e. The molecule has 1 amide bonds. The fourth-order valence-corrected chi connectivity index (χ4v) is 3.40. The minimum Gasteiger partial charge on any atom is -0.365 e. The molecule has 0 fully saturated rings. The van der Waals surface area contributed by atoms with Gasteiger partial charge < -0.3 is 11.1 Å². The Bertz CT molecular complexity index is 1090. The summed E-state index contributed by atoms with van der Waals surface area (Å²) >= 11 is 5.97. The van der Waals surface area contributed by atoms with E-state index in [4.69, 9.17) is 17.3 Å². The lowest BCUT2D eigenvalue weighted by Crippen LogP contribution is -2.14. The number of aromatic nitrogens is 2. The van der Waals surface area contributed by atoms with Crippen LogP contribution in [0.25, 0.3) is 10.9 Å². The molecule has 0 unspecified atom stereocenters. The number of aryl methyl sites for hydroxylation is 1. The van der Waals surface area contributed by atoms with Crippen molar-refractivity contribution >= 4 is 50.5 Å². The van der Waals surface area contributed by atoms with Crippen molar-refractivity contribution in [2.75, 3.05) is 5.32 Å². The Morgan fingerprint density at radius 3 is 2.65 bits per heavy atom. The summed E-state index contributed by atoms with van der Waals surface area (Å²) in [5.41, 5.74) is 8.68. The van der Waals surface area contributed by atoms with Crippen LogP contribution >= 0.6 is 11.6 Å². The van der Waals surface area contributed by atoms with E-state index in [9.17, 15) is 13.2 Å². The quantitative estimate of drug-likeness (QED) is 0.576. The van der Waals surface area contributed by atoms with Crippen LogP contribution in [-0.4, -0.2) is 24.3 Å². The van der Waals surface area contributed by atoms with Crippen LogP contribution in [0.2, 0.25) is 5.02 Å². The van der Waals surface area contributed by atoms with E-state index in [0.717, 1.165) is 5.56 Å². The molecule has 2 heterocycles. The van der Waals surface area contributed by atoms with Gasteiger partial charge in [0, 0.05) is 17.8 Å². The number of pyridine rings is 2. The van der Waals surface area contributed by atoms with Crippen molar-refractivity contribution in [2.45, 2.75) is 12.7 Å². The Morgan fingerprint density at radius 1 is 1.23 bits per heavy atom. The topological polar surface area (TPSA) is 115 Å². The van der Waals surface area contributed by atoms with E-state index in [1.54, 1.807) is 24.4 Å². The van der Waals surface area contributed by atoms with E-state index >= 15 is 0 Å². The van der Waals surface area contributed by atoms with Crippen LogP contribution in [0.15, 0.2) is 36.8 Å². The number of nitrogens with two attached hydrogens (primary N) is 1. The van der Waals surface area contributed by atoms with Gasteiger partial charge in [0.05, 0.1) is 39.4 Å². The molecule has 0 saturated carbocycles. The van der Waals surface area contributed by atoms with E-state index in [2.05, 4.69) is 15.3 Å². The first-order chi connectivity index (χ1) is 12.3. The van der Waals surface area contributed by atoms with Gasteiger partial charge in [0.25, 0.3) is 5.91 Å². The number of anilines is 2. The van der Waals surface area contributed by atoms with E-state index in [0.29, 0.717) is 32.9 Å². The minimum absolute atomic E-state index is 0.106. The van der Waals surface area contributed by atoms with Gasteiger partial charge in [-0.25, -0.2) is 8.42 Å². The molecule has 0 aliphatic carbocycles. The number of hydrogen-bond acceptors (Lipinski definition) is 6. The molecule has 0 radical (unpaired) electrons. The van der Waals surface area contributed by atoms with Crippen LogP contribution in [0.4, 0.5) is 11.4 Å². The van der Waals surface area contributed by atoms with Crippen molar-refractivity contribution < 1.29 is 13.2 Å². The molecular formula is C17H15ClN4O3S. The number of carbonyl (C=O) groups excluding carboxylic acids is 1. The van der Waals surface area contributed by atoms with Crippen LogP contribution < -0.4 is 11.1 Å². The van der Waals surface area contributed by atoms with E-state index < -0.39 is 16.6 Å². The highest BCUT2D eigenvalue weighted by Gasteiger charge is 2.16. The molecule has 0 aliphatic rings. The van der Waals surface area contributed by atoms with Crippen LogP contribution in [0, 0.1) is 6.92 Å². The number of thiol groups is 1. The summed E-state index contributed by atoms with van der Waals surface area (Å²) in [6.07, 6.45) is 4.43. The number of primary amides is 1. The van der Waals surface area contributed by atoms with E-state index in [1.165, 1.54) is 12.4 Å². The van der Waals surface area contributed by atoms with Crippen LogP contribution in [0.5, 0.6) is 0 Å². The van der Waals surface area contributed by atoms with Crippen molar-refractivity contribution in [3.8, 4) is 0 Å². The molecule has 26 heavy (non-hydrogen) atoms. The highest BCUT2D eigenvalue weighted by molar-refractivity contribution is 7.71. The van der Waals surface area contributed by atoms with E-state index in [1.807, 2.05) is 6.92 Å². The standard InChI is InChI=1S/C17H15ClN4O3S/c1-9-2-10(8-26(24)25)3-13-15(9)21-7-14(17(19)23)16(13)22-12-4-11(18)5-20-6-12/h2-7,26H,8H2,1H3,(H2,19,23)(H,21,22). The SMILES string of the molecule is Cc1cc(C[SH](=O)=O)cc2c(Nc3cncc(Cl)c3)c(C(N)=O)cnc12. The minimum atomic E-state index is -2.59. The molecule has 1 aromatic carbocycles. The zero-order chi connectivity index (χ0) is 18.8. The average Bonchev–Trinajstić information content (AvgIpc) is 2.54. The second-order valence-electron chi connectivity index (χ2n) is 5.73. The molecule has 0 saturated heterocycles. The molecule has 0 spiro atoms. The fraction of sp³-hybridized carbons (Fsp3) is 0.118. The highest BCUT2D eigenvalue weighted by atomic mass is 35.5. The van der Waals surface area contributed by atoms with Crippen molar-refractivity contribution in [1.82, 2.24) is 9.97 Å². The van der Waals surface area contributed by atoms with Gasteiger partial charge in [0.2, 0.25) is 0 Å². The maximum absolute atomic E-state index is 11.9. The van der Waals surface area contributed by atoms with Gasteiger partial charge in [0.1, 0.15) is 10.7 Å². The number of halogens is 1. The molecule has 3 N–H and O–H groups in total. The molecular weight excluding hydrogens is 376 g/mol. The maximum atomic E-state index is 11.9. The first kappa shape index (κ1) is 18.1. The zero-order valence-corrected chi connectivity index (χ0v) is 15.3. The van der Waals surface area contributed by atoms with Gasteiger partial charge in [0.15, 0.2) is 0 Å². The molecule has 2 aromatic heterocycles. The summed E-state index contributed by atoms with van der Waals surface area (Å²) < 4.78 is 22.2. The number of amides is 1.